The SMILES string of the molecule is c1ccc(-c2ccccc2C2(c3ccccc3)c3ccccc3-c3ccc(N(c4ccc5c6ccccc6n(-c6ccccc6)c5c4)c4cccc5ccccc45)cc32)cc1. The van der Waals surface area contributed by atoms with E-state index in [2.05, 4.69) is 252 Å². The molecule has 1 aromatic heterocycles. The first-order chi connectivity index (χ1) is 30.3. The van der Waals surface area contributed by atoms with Crippen molar-refractivity contribution in [2.75, 3.05) is 4.90 Å². The van der Waals surface area contributed by atoms with E-state index in [4.69, 9.17) is 0 Å². The first-order valence-electron chi connectivity index (χ1n) is 21.1. The number of hydrogen-bond acceptors (Lipinski definition) is 1. The monoisotopic (exact) mass is 776 g/mol. The molecule has 10 aromatic carbocycles. The van der Waals surface area contributed by atoms with Crippen molar-refractivity contribution in [2.24, 2.45) is 0 Å². The zero-order chi connectivity index (χ0) is 40.3. The zero-order valence-corrected chi connectivity index (χ0v) is 33.5. The van der Waals surface area contributed by atoms with Gasteiger partial charge in [0, 0.05) is 33.2 Å². The summed E-state index contributed by atoms with van der Waals surface area (Å²) >= 11 is 0. The van der Waals surface area contributed by atoms with E-state index in [1.165, 1.54) is 77.1 Å². The highest BCUT2D eigenvalue weighted by Crippen LogP contribution is 2.59. The van der Waals surface area contributed by atoms with Gasteiger partial charge in [0.05, 0.1) is 22.1 Å². The summed E-state index contributed by atoms with van der Waals surface area (Å²) in [5.74, 6) is 0. The lowest BCUT2D eigenvalue weighted by atomic mass is 9.66. The summed E-state index contributed by atoms with van der Waals surface area (Å²) < 4.78 is 2.41. The van der Waals surface area contributed by atoms with Crippen LogP contribution in [0, 0.1) is 0 Å². The number of benzene rings is 10. The van der Waals surface area contributed by atoms with Crippen LogP contribution < -0.4 is 4.90 Å². The molecule has 0 bridgehead atoms. The van der Waals surface area contributed by atoms with Gasteiger partial charge in [-0.3, -0.25) is 0 Å². The molecule has 0 aliphatic heterocycles. The molecule has 1 atom stereocenters. The second-order valence-electron chi connectivity index (χ2n) is 16.0. The number of fused-ring (bicyclic) bond motifs is 7. The van der Waals surface area contributed by atoms with Crippen molar-refractivity contribution in [1.82, 2.24) is 4.57 Å². The van der Waals surface area contributed by atoms with Crippen LogP contribution >= 0.6 is 0 Å². The third kappa shape index (κ3) is 5.36. The highest BCUT2D eigenvalue weighted by Gasteiger charge is 2.47. The molecule has 0 amide bonds. The highest BCUT2D eigenvalue weighted by atomic mass is 15.1. The Kier molecular flexibility index (Phi) is 8.11. The summed E-state index contributed by atoms with van der Waals surface area (Å²) in [6, 6.07) is 89.3. The van der Waals surface area contributed by atoms with E-state index in [0.717, 1.165) is 22.7 Å². The summed E-state index contributed by atoms with van der Waals surface area (Å²) in [6.07, 6.45) is 0. The number of rotatable bonds is 7. The lowest BCUT2D eigenvalue weighted by molar-refractivity contribution is 0.770. The van der Waals surface area contributed by atoms with Gasteiger partial charge in [0.15, 0.2) is 0 Å². The fraction of sp³-hybridized carbons (Fsp3) is 0.0169. The maximum Gasteiger partial charge on any atom is 0.0720 e. The molecule has 61 heavy (non-hydrogen) atoms. The predicted molar refractivity (Wildman–Crippen MR) is 256 cm³/mol. The van der Waals surface area contributed by atoms with Crippen LogP contribution in [0.3, 0.4) is 0 Å². The molecule has 1 aliphatic carbocycles. The van der Waals surface area contributed by atoms with Gasteiger partial charge in [0.2, 0.25) is 0 Å². The molecule has 0 spiro atoms. The van der Waals surface area contributed by atoms with Crippen LogP contribution in [0.2, 0.25) is 0 Å². The zero-order valence-electron chi connectivity index (χ0n) is 33.5. The molecule has 1 heterocycles. The molecule has 0 N–H and O–H groups in total. The van der Waals surface area contributed by atoms with Crippen LogP contribution in [0.4, 0.5) is 17.1 Å². The Morgan fingerprint density at radius 1 is 0.344 bits per heavy atom. The summed E-state index contributed by atoms with van der Waals surface area (Å²) in [5.41, 5.74) is 16.2. The van der Waals surface area contributed by atoms with Crippen molar-refractivity contribution in [2.45, 2.75) is 5.41 Å². The minimum absolute atomic E-state index is 0.607. The van der Waals surface area contributed by atoms with Crippen molar-refractivity contribution in [3.8, 4) is 27.9 Å². The second kappa shape index (κ2) is 14.1. The van der Waals surface area contributed by atoms with Crippen LogP contribution in [-0.4, -0.2) is 4.57 Å². The Hall–Kier alpha value is -7.94. The Labute approximate surface area is 355 Å². The van der Waals surface area contributed by atoms with Crippen LogP contribution in [0.25, 0.3) is 60.5 Å². The van der Waals surface area contributed by atoms with Gasteiger partial charge < -0.3 is 9.47 Å². The Morgan fingerprint density at radius 2 is 0.902 bits per heavy atom. The first kappa shape index (κ1) is 35.0. The summed E-state index contributed by atoms with van der Waals surface area (Å²) in [4.78, 5) is 2.48. The molecule has 2 nitrogen and oxygen atoms in total. The van der Waals surface area contributed by atoms with Crippen molar-refractivity contribution in [3.63, 3.8) is 0 Å². The van der Waals surface area contributed by atoms with Gasteiger partial charge in [-0.1, -0.05) is 194 Å². The largest absolute Gasteiger partial charge is 0.310 e. The molecule has 2 heteroatoms. The summed E-state index contributed by atoms with van der Waals surface area (Å²) in [7, 11) is 0. The molecule has 12 rings (SSSR count). The topological polar surface area (TPSA) is 8.17 Å². The molecular formula is C59H40N2. The van der Waals surface area contributed by atoms with E-state index >= 15 is 0 Å². The van der Waals surface area contributed by atoms with Gasteiger partial charge in [-0.2, -0.15) is 0 Å². The van der Waals surface area contributed by atoms with Gasteiger partial charge in [0.1, 0.15) is 0 Å². The third-order valence-electron chi connectivity index (χ3n) is 12.8. The maximum absolute atomic E-state index is 2.49. The lowest BCUT2D eigenvalue weighted by Gasteiger charge is -2.36. The second-order valence-corrected chi connectivity index (χ2v) is 16.0. The molecule has 286 valence electrons. The van der Waals surface area contributed by atoms with Crippen molar-refractivity contribution in [1.29, 1.82) is 0 Å². The molecule has 0 fully saturated rings. The minimum Gasteiger partial charge on any atom is -0.310 e. The molecule has 0 saturated carbocycles. The van der Waals surface area contributed by atoms with E-state index in [1.807, 2.05) is 0 Å². The number of aromatic nitrogens is 1. The molecule has 1 unspecified atom stereocenters. The average Bonchev–Trinajstić information content (AvgIpc) is 3.83. The Balaban J connectivity index is 1.17. The predicted octanol–water partition coefficient (Wildman–Crippen LogP) is 15.4. The smallest absolute Gasteiger partial charge is 0.0720 e. The van der Waals surface area contributed by atoms with Crippen LogP contribution in [0.15, 0.2) is 243 Å². The third-order valence-corrected chi connectivity index (χ3v) is 12.8. The lowest BCUT2D eigenvalue weighted by Crippen LogP contribution is -2.29. The minimum atomic E-state index is -0.607. The quantitative estimate of drug-likeness (QED) is 0.156. The normalized spacial score (nSPS) is 14.3. The maximum atomic E-state index is 2.49. The molecule has 1 aliphatic rings. The number of hydrogen-bond donors (Lipinski definition) is 0. The standard InChI is InChI=1S/C59H40N2/c1-4-19-41(20-5-1)47-27-12-15-31-53(47)59(43-23-6-2-7-24-43)54-32-16-13-29-49(54)50-37-35-45(39-55(50)59)60(56-34-18-22-42-21-10-11-28-48(42)56)46-36-38-52-51-30-14-17-33-57(51)61(58(52)40-46)44-25-8-3-9-26-44/h1-40H. The van der Waals surface area contributed by atoms with E-state index in [9.17, 15) is 0 Å². The van der Waals surface area contributed by atoms with Gasteiger partial charge >= 0.3 is 0 Å². The van der Waals surface area contributed by atoms with Crippen LogP contribution in [0.5, 0.6) is 0 Å². The highest BCUT2D eigenvalue weighted by molar-refractivity contribution is 6.11. The van der Waals surface area contributed by atoms with Gasteiger partial charge in [0.25, 0.3) is 0 Å². The summed E-state index contributed by atoms with van der Waals surface area (Å²) in [6.45, 7) is 0. The van der Waals surface area contributed by atoms with Crippen LogP contribution in [0.1, 0.15) is 22.3 Å². The van der Waals surface area contributed by atoms with Crippen molar-refractivity contribution >= 4 is 49.6 Å². The number of nitrogens with zero attached hydrogens (tertiary/aromatic N) is 2. The average molecular weight is 777 g/mol. The van der Waals surface area contributed by atoms with Crippen molar-refractivity contribution in [3.05, 3.63) is 265 Å². The van der Waals surface area contributed by atoms with E-state index in [1.54, 1.807) is 0 Å². The molecular weight excluding hydrogens is 737 g/mol. The van der Waals surface area contributed by atoms with E-state index < -0.39 is 5.41 Å². The molecule has 0 radical (unpaired) electrons. The number of anilines is 3. The van der Waals surface area contributed by atoms with Crippen molar-refractivity contribution < 1.29 is 0 Å². The van der Waals surface area contributed by atoms with Gasteiger partial charge in [-0.15, -0.1) is 0 Å². The Bertz CT molecular complexity index is 3420. The van der Waals surface area contributed by atoms with E-state index in [-0.39, 0.29) is 0 Å². The molecule has 11 aromatic rings. The number of para-hydroxylation sites is 2. The van der Waals surface area contributed by atoms with Crippen LogP contribution in [-0.2, 0) is 5.41 Å². The van der Waals surface area contributed by atoms with E-state index in [0.29, 0.717) is 0 Å². The summed E-state index contributed by atoms with van der Waals surface area (Å²) in [5, 5.41) is 4.87. The van der Waals surface area contributed by atoms with Gasteiger partial charge in [-0.25, -0.2) is 0 Å². The fourth-order valence-electron chi connectivity index (χ4n) is 10.3. The Morgan fingerprint density at radius 3 is 1.70 bits per heavy atom. The fourth-order valence-corrected chi connectivity index (χ4v) is 10.3. The first-order valence-corrected chi connectivity index (χ1v) is 21.1. The molecule has 0 saturated heterocycles. The van der Waals surface area contributed by atoms with Gasteiger partial charge in [-0.05, 0) is 98.4 Å².